The lowest BCUT2D eigenvalue weighted by atomic mass is 9.93. The minimum absolute atomic E-state index is 0.343. The Kier molecular flexibility index (Phi) is 4.99. The van der Waals surface area contributed by atoms with E-state index in [-0.39, 0.29) is 6.10 Å². The van der Waals surface area contributed by atoms with Crippen LogP contribution in [0.2, 0.25) is 0 Å². The summed E-state index contributed by atoms with van der Waals surface area (Å²) in [6.45, 7) is 3.83. The first-order chi connectivity index (χ1) is 7.07. The minimum Gasteiger partial charge on any atom is -0.388 e. The highest BCUT2D eigenvalue weighted by molar-refractivity contribution is 4.90. The van der Waals surface area contributed by atoms with Gasteiger partial charge in [0, 0.05) is 0 Å². The van der Waals surface area contributed by atoms with Crippen molar-refractivity contribution in [3.63, 3.8) is 0 Å². The van der Waals surface area contributed by atoms with Gasteiger partial charge in [0.2, 0.25) is 0 Å². The molecule has 0 spiro atoms. The molecule has 15 heavy (non-hydrogen) atoms. The molecule has 1 rings (SSSR count). The molecule has 1 aliphatic rings. The van der Waals surface area contributed by atoms with Gasteiger partial charge in [-0.05, 0) is 13.3 Å². The smallest absolute Gasteiger partial charge is 0.111 e. The molecule has 1 aliphatic heterocycles. The van der Waals surface area contributed by atoms with Crippen LogP contribution >= 0.6 is 0 Å². The van der Waals surface area contributed by atoms with Crippen LogP contribution in [0.25, 0.3) is 0 Å². The summed E-state index contributed by atoms with van der Waals surface area (Å²) in [5, 5.41) is 28.7. The Bertz CT molecular complexity index is 185. The summed E-state index contributed by atoms with van der Waals surface area (Å²) in [6.07, 6.45) is 0.149. The summed E-state index contributed by atoms with van der Waals surface area (Å²) in [6, 6.07) is 0. The van der Waals surface area contributed by atoms with E-state index in [0.29, 0.717) is 0 Å². The first-order valence-electron chi connectivity index (χ1n) is 5.77. The second kappa shape index (κ2) is 5.80. The van der Waals surface area contributed by atoms with Gasteiger partial charge in [0.05, 0.1) is 12.2 Å². The topological polar surface area (TPSA) is 69.9 Å². The van der Waals surface area contributed by atoms with E-state index in [9.17, 15) is 15.3 Å². The fourth-order valence-electron chi connectivity index (χ4n) is 1.97. The van der Waals surface area contributed by atoms with Crippen LogP contribution in [0.4, 0.5) is 0 Å². The zero-order valence-electron chi connectivity index (χ0n) is 9.47. The number of rotatable bonds is 4. The highest BCUT2D eigenvalue weighted by Crippen LogP contribution is 2.24. The molecule has 90 valence electrons. The second-order valence-corrected chi connectivity index (χ2v) is 4.35. The fraction of sp³-hybridized carbons (Fsp3) is 1.00. The quantitative estimate of drug-likeness (QED) is 0.599. The zero-order valence-corrected chi connectivity index (χ0v) is 9.47. The first-order valence-corrected chi connectivity index (χ1v) is 5.77. The van der Waals surface area contributed by atoms with Crippen molar-refractivity contribution in [1.82, 2.24) is 0 Å². The first kappa shape index (κ1) is 12.9. The molecule has 0 aromatic carbocycles. The number of aliphatic hydroxyl groups excluding tert-OH is 3. The molecule has 1 heterocycles. The average molecular weight is 218 g/mol. The predicted molar refractivity (Wildman–Crippen MR) is 56.5 cm³/mol. The molecule has 4 heteroatoms. The van der Waals surface area contributed by atoms with Crippen molar-refractivity contribution in [3.05, 3.63) is 0 Å². The van der Waals surface area contributed by atoms with E-state index in [1.165, 1.54) is 0 Å². The molecular formula is C11H22O4. The van der Waals surface area contributed by atoms with Gasteiger partial charge in [0.15, 0.2) is 0 Å². The third kappa shape index (κ3) is 3.14. The fourth-order valence-corrected chi connectivity index (χ4v) is 1.97. The van der Waals surface area contributed by atoms with Crippen LogP contribution in [0.1, 0.15) is 39.5 Å². The molecule has 3 N–H and O–H groups in total. The van der Waals surface area contributed by atoms with Crippen LogP contribution in [0, 0.1) is 0 Å². The van der Waals surface area contributed by atoms with E-state index in [1.54, 1.807) is 6.92 Å². The molecule has 0 amide bonds. The highest BCUT2D eigenvalue weighted by Gasteiger charge is 2.40. The Hall–Kier alpha value is -0.160. The molecule has 1 fully saturated rings. The van der Waals surface area contributed by atoms with Crippen molar-refractivity contribution in [2.45, 2.75) is 70.1 Å². The number of aliphatic hydroxyl groups is 3. The van der Waals surface area contributed by atoms with Crippen molar-refractivity contribution in [2.24, 2.45) is 0 Å². The summed E-state index contributed by atoms with van der Waals surface area (Å²) < 4.78 is 5.47. The lowest BCUT2D eigenvalue weighted by Gasteiger charge is -2.39. The molecule has 0 aromatic heterocycles. The van der Waals surface area contributed by atoms with E-state index >= 15 is 0 Å². The standard InChI is InChI=1S/C11H22O4/c1-3-4-5-6-8-10(13)11(14)9(12)7(2)15-8/h7-14H,3-6H2,1-2H3/t7-,8-,9+,10+,11+/m0/s1. The van der Waals surface area contributed by atoms with Gasteiger partial charge in [-0.1, -0.05) is 26.2 Å². The van der Waals surface area contributed by atoms with E-state index in [4.69, 9.17) is 4.74 Å². The van der Waals surface area contributed by atoms with Crippen LogP contribution in [-0.4, -0.2) is 45.8 Å². The number of hydrogen-bond acceptors (Lipinski definition) is 4. The molecule has 0 saturated carbocycles. The molecule has 0 aliphatic carbocycles. The van der Waals surface area contributed by atoms with Crippen LogP contribution in [0.3, 0.4) is 0 Å². The Morgan fingerprint density at radius 1 is 1.00 bits per heavy atom. The van der Waals surface area contributed by atoms with E-state index in [0.717, 1.165) is 25.7 Å². The van der Waals surface area contributed by atoms with Crippen molar-refractivity contribution >= 4 is 0 Å². The Morgan fingerprint density at radius 2 is 1.67 bits per heavy atom. The molecule has 0 bridgehead atoms. The van der Waals surface area contributed by atoms with Crippen molar-refractivity contribution in [2.75, 3.05) is 0 Å². The molecule has 1 saturated heterocycles. The van der Waals surface area contributed by atoms with E-state index in [1.807, 2.05) is 0 Å². The maximum Gasteiger partial charge on any atom is 0.111 e. The van der Waals surface area contributed by atoms with Gasteiger partial charge in [0.1, 0.15) is 18.3 Å². The Balaban J connectivity index is 2.43. The van der Waals surface area contributed by atoms with Crippen LogP contribution in [-0.2, 0) is 4.74 Å². The predicted octanol–water partition coefficient (Wildman–Crippen LogP) is 0.437. The molecule has 0 unspecified atom stereocenters. The minimum atomic E-state index is -1.08. The number of ether oxygens (including phenoxy) is 1. The van der Waals surface area contributed by atoms with Crippen LogP contribution < -0.4 is 0 Å². The van der Waals surface area contributed by atoms with E-state index in [2.05, 4.69) is 6.92 Å². The molecule has 4 nitrogen and oxygen atoms in total. The summed E-state index contributed by atoms with van der Waals surface area (Å²) in [5.74, 6) is 0. The Labute approximate surface area is 90.9 Å². The lowest BCUT2D eigenvalue weighted by molar-refractivity contribution is -0.218. The van der Waals surface area contributed by atoms with Gasteiger partial charge >= 0.3 is 0 Å². The van der Waals surface area contributed by atoms with Gasteiger partial charge in [-0.25, -0.2) is 0 Å². The SMILES string of the molecule is CCCCC[C@@H]1O[C@@H](C)[C@@H](O)[C@@H](O)[C@@H]1O. The zero-order chi connectivity index (χ0) is 11.4. The summed E-state index contributed by atoms with van der Waals surface area (Å²) >= 11 is 0. The monoisotopic (exact) mass is 218 g/mol. The van der Waals surface area contributed by atoms with Crippen molar-refractivity contribution in [1.29, 1.82) is 0 Å². The number of hydrogen-bond donors (Lipinski definition) is 3. The average Bonchev–Trinajstić information content (AvgIpc) is 2.23. The normalized spacial score (nSPS) is 41.8. The summed E-state index contributed by atoms with van der Waals surface area (Å²) in [4.78, 5) is 0. The third-order valence-corrected chi connectivity index (χ3v) is 3.04. The maximum absolute atomic E-state index is 9.69. The molecule has 5 atom stereocenters. The maximum atomic E-state index is 9.69. The van der Waals surface area contributed by atoms with Gasteiger partial charge in [-0.15, -0.1) is 0 Å². The van der Waals surface area contributed by atoms with Gasteiger partial charge < -0.3 is 20.1 Å². The van der Waals surface area contributed by atoms with Crippen LogP contribution in [0.5, 0.6) is 0 Å². The van der Waals surface area contributed by atoms with Crippen LogP contribution in [0.15, 0.2) is 0 Å². The van der Waals surface area contributed by atoms with Crippen molar-refractivity contribution in [3.8, 4) is 0 Å². The molecule has 0 aromatic rings. The highest BCUT2D eigenvalue weighted by atomic mass is 16.5. The van der Waals surface area contributed by atoms with Crippen molar-refractivity contribution < 1.29 is 20.1 Å². The van der Waals surface area contributed by atoms with Gasteiger partial charge in [-0.3, -0.25) is 0 Å². The van der Waals surface area contributed by atoms with Gasteiger partial charge in [0.25, 0.3) is 0 Å². The third-order valence-electron chi connectivity index (χ3n) is 3.04. The Morgan fingerprint density at radius 3 is 2.27 bits per heavy atom. The summed E-state index contributed by atoms with van der Waals surface area (Å²) in [5.41, 5.74) is 0. The van der Waals surface area contributed by atoms with E-state index < -0.39 is 24.4 Å². The largest absolute Gasteiger partial charge is 0.388 e. The molecule has 0 radical (unpaired) electrons. The van der Waals surface area contributed by atoms with Gasteiger partial charge in [-0.2, -0.15) is 0 Å². The summed E-state index contributed by atoms with van der Waals surface area (Å²) in [7, 11) is 0. The second-order valence-electron chi connectivity index (χ2n) is 4.35. The molecular weight excluding hydrogens is 196 g/mol. The lowest BCUT2D eigenvalue weighted by Crippen LogP contribution is -2.56. The number of unbranched alkanes of at least 4 members (excludes halogenated alkanes) is 2.